The van der Waals surface area contributed by atoms with Gasteiger partial charge in [0.1, 0.15) is 5.82 Å². The maximum absolute atomic E-state index is 9.74. The van der Waals surface area contributed by atoms with Gasteiger partial charge in [-0.05, 0) is 13.0 Å². The van der Waals surface area contributed by atoms with Crippen molar-refractivity contribution in [3.05, 3.63) is 41.9 Å². The summed E-state index contributed by atoms with van der Waals surface area (Å²) in [5.74, 6) is 0.802. The summed E-state index contributed by atoms with van der Waals surface area (Å²) in [7, 11) is 3.85. The molecule has 2 heterocycles. The molecule has 18 heavy (non-hydrogen) atoms. The fraction of sp³-hybridized carbons (Fsp3) is 0.385. The summed E-state index contributed by atoms with van der Waals surface area (Å²) in [6.45, 7) is 2.46. The second-order valence-corrected chi connectivity index (χ2v) is 4.47. The SMILES string of the molecule is CC(O)c1cccnc1N(C)Cc1cnn(C)c1. The lowest BCUT2D eigenvalue weighted by Gasteiger charge is -2.21. The molecule has 96 valence electrons. The maximum atomic E-state index is 9.74. The zero-order valence-electron chi connectivity index (χ0n) is 10.9. The van der Waals surface area contributed by atoms with Crippen molar-refractivity contribution in [2.45, 2.75) is 19.6 Å². The molecule has 0 aromatic carbocycles. The first-order chi connectivity index (χ1) is 8.58. The van der Waals surface area contributed by atoms with Gasteiger partial charge >= 0.3 is 0 Å². The third-order valence-electron chi connectivity index (χ3n) is 2.81. The zero-order chi connectivity index (χ0) is 13.1. The van der Waals surface area contributed by atoms with E-state index in [0.717, 1.165) is 16.9 Å². The molecule has 0 aliphatic carbocycles. The van der Waals surface area contributed by atoms with Crippen LogP contribution in [-0.4, -0.2) is 26.9 Å². The normalized spacial score (nSPS) is 12.4. The van der Waals surface area contributed by atoms with Crippen LogP contribution in [0.1, 0.15) is 24.2 Å². The molecule has 5 heteroatoms. The van der Waals surface area contributed by atoms with E-state index in [0.29, 0.717) is 6.54 Å². The average Bonchev–Trinajstić information content (AvgIpc) is 2.74. The topological polar surface area (TPSA) is 54.2 Å². The molecule has 2 aromatic heterocycles. The Balaban J connectivity index is 2.20. The minimum Gasteiger partial charge on any atom is -0.389 e. The van der Waals surface area contributed by atoms with Gasteiger partial charge in [-0.25, -0.2) is 4.98 Å². The summed E-state index contributed by atoms with van der Waals surface area (Å²) in [5.41, 5.74) is 1.95. The Hall–Kier alpha value is -1.88. The van der Waals surface area contributed by atoms with E-state index in [1.54, 1.807) is 17.8 Å². The number of anilines is 1. The predicted octanol–water partition coefficient (Wildman–Crippen LogP) is 1.50. The highest BCUT2D eigenvalue weighted by Gasteiger charge is 2.13. The molecule has 1 unspecified atom stereocenters. The molecule has 0 radical (unpaired) electrons. The molecule has 0 aliphatic rings. The first-order valence-electron chi connectivity index (χ1n) is 5.89. The van der Waals surface area contributed by atoms with Crippen LogP contribution >= 0.6 is 0 Å². The van der Waals surface area contributed by atoms with Crippen LogP contribution in [0.4, 0.5) is 5.82 Å². The maximum Gasteiger partial charge on any atom is 0.134 e. The number of pyridine rings is 1. The number of hydrogen-bond donors (Lipinski definition) is 1. The molecule has 1 atom stereocenters. The predicted molar refractivity (Wildman–Crippen MR) is 70.2 cm³/mol. The summed E-state index contributed by atoms with van der Waals surface area (Å²) in [6.07, 6.45) is 5.02. The van der Waals surface area contributed by atoms with Gasteiger partial charge in [-0.1, -0.05) is 6.07 Å². The smallest absolute Gasteiger partial charge is 0.134 e. The van der Waals surface area contributed by atoms with Crippen molar-refractivity contribution in [1.82, 2.24) is 14.8 Å². The fourth-order valence-electron chi connectivity index (χ4n) is 1.96. The summed E-state index contributed by atoms with van der Waals surface area (Å²) >= 11 is 0. The van der Waals surface area contributed by atoms with Crippen molar-refractivity contribution < 1.29 is 5.11 Å². The molecule has 0 aliphatic heterocycles. The van der Waals surface area contributed by atoms with Gasteiger partial charge in [-0.2, -0.15) is 5.10 Å². The summed E-state index contributed by atoms with van der Waals surface area (Å²) in [4.78, 5) is 6.35. The van der Waals surface area contributed by atoms with Crippen molar-refractivity contribution in [2.24, 2.45) is 7.05 Å². The molecule has 2 rings (SSSR count). The lowest BCUT2D eigenvalue weighted by atomic mass is 10.1. The fourth-order valence-corrected chi connectivity index (χ4v) is 1.96. The van der Waals surface area contributed by atoms with Gasteiger partial charge in [-0.15, -0.1) is 0 Å². The number of aryl methyl sites for hydroxylation is 1. The summed E-state index contributed by atoms with van der Waals surface area (Å²) < 4.78 is 1.77. The number of rotatable bonds is 4. The molecule has 0 saturated heterocycles. The second-order valence-electron chi connectivity index (χ2n) is 4.47. The van der Waals surface area contributed by atoms with Crippen molar-refractivity contribution >= 4 is 5.82 Å². The highest BCUT2D eigenvalue weighted by atomic mass is 16.3. The highest BCUT2D eigenvalue weighted by Crippen LogP contribution is 2.23. The van der Waals surface area contributed by atoms with E-state index in [2.05, 4.69) is 10.1 Å². The lowest BCUT2D eigenvalue weighted by molar-refractivity contribution is 0.199. The average molecular weight is 246 g/mol. The number of nitrogens with zero attached hydrogens (tertiary/aromatic N) is 4. The Bertz CT molecular complexity index is 521. The van der Waals surface area contributed by atoms with Gasteiger partial charge in [-0.3, -0.25) is 4.68 Å². The number of aliphatic hydroxyl groups is 1. The first kappa shape index (κ1) is 12.6. The third-order valence-corrected chi connectivity index (χ3v) is 2.81. The van der Waals surface area contributed by atoms with Crippen molar-refractivity contribution in [3.63, 3.8) is 0 Å². The highest BCUT2D eigenvalue weighted by molar-refractivity contribution is 5.47. The minimum atomic E-state index is -0.523. The number of aliphatic hydroxyl groups excluding tert-OH is 1. The van der Waals surface area contributed by atoms with Crippen LogP contribution < -0.4 is 4.90 Å². The molecule has 1 N–H and O–H groups in total. The van der Waals surface area contributed by atoms with Gasteiger partial charge in [0.15, 0.2) is 0 Å². The Kier molecular flexibility index (Phi) is 3.62. The van der Waals surface area contributed by atoms with E-state index < -0.39 is 6.10 Å². The second kappa shape index (κ2) is 5.18. The molecular formula is C13H18N4O. The molecule has 0 bridgehead atoms. The van der Waals surface area contributed by atoms with Crippen molar-refractivity contribution in [2.75, 3.05) is 11.9 Å². The van der Waals surface area contributed by atoms with Gasteiger partial charge in [0.2, 0.25) is 0 Å². The molecule has 0 fully saturated rings. The van der Waals surface area contributed by atoms with Crippen molar-refractivity contribution in [1.29, 1.82) is 0 Å². The van der Waals surface area contributed by atoms with E-state index in [9.17, 15) is 5.11 Å². The molecule has 0 amide bonds. The molecule has 2 aromatic rings. The molecule has 5 nitrogen and oxygen atoms in total. The minimum absolute atomic E-state index is 0.523. The molecule has 0 saturated carbocycles. The Labute approximate surface area is 107 Å². The van der Waals surface area contributed by atoms with Crippen LogP contribution in [0.5, 0.6) is 0 Å². The molecule has 0 spiro atoms. The Morgan fingerprint density at radius 3 is 2.89 bits per heavy atom. The third kappa shape index (κ3) is 2.68. The first-order valence-corrected chi connectivity index (χ1v) is 5.89. The standard InChI is InChI=1S/C13H18N4O/c1-10(18)12-5-4-6-14-13(12)16(2)8-11-7-15-17(3)9-11/h4-7,9-10,18H,8H2,1-3H3. The van der Waals surface area contributed by atoms with Crippen molar-refractivity contribution in [3.8, 4) is 0 Å². The zero-order valence-corrected chi connectivity index (χ0v) is 10.9. The van der Waals surface area contributed by atoms with Crippen LogP contribution in [0.2, 0.25) is 0 Å². The summed E-state index contributed by atoms with van der Waals surface area (Å²) in [5, 5.41) is 13.9. The van der Waals surface area contributed by atoms with Gasteiger partial charge in [0.25, 0.3) is 0 Å². The lowest BCUT2D eigenvalue weighted by Crippen LogP contribution is -2.19. The largest absolute Gasteiger partial charge is 0.389 e. The monoisotopic (exact) mass is 246 g/mol. The van der Waals surface area contributed by atoms with E-state index in [1.165, 1.54) is 0 Å². The van der Waals surface area contributed by atoms with Crippen LogP contribution in [0.15, 0.2) is 30.7 Å². The molecular weight excluding hydrogens is 228 g/mol. The number of hydrogen-bond acceptors (Lipinski definition) is 4. The summed E-state index contributed by atoms with van der Waals surface area (Å²) in [6, 6.07) is 3.73. The Morgan fingerprint density at radius 2 is 2.28 bits per heavy atom. The van der Waals surface area contributed by atoms with Crippen LogP contribution in [-0.2, 0) is 13.6 Å². The number of aromatic nitrogens is 3. The van der Waals surface area contributed by atoms with Gasteiger partial charge in [0.05, 0.1) is 12.3 Å². The van der Waals surface area contributed by atoms with E-state index in [4.69, 9.17) is 0 Å². The van der Waals surface area contributed by atoms with Gasteiger partial charge < -0.3 is 10.0 Å². The van der Waals surface area contributed by atoms with E-state index in [-0.39, 0.29) is 0 Å². The Morgan fingerprint density at radius 1 is 1.50 bits per heavy atom. The van der Waals surface area contributed by atoms with Crippen LogP contribution in [0.3, 0.4) is 0 Å². The van der Waals surface area contributed by atoms with E-state index >= 15 is 0 Å². The van der Waals surface area contributed by atoms with Gasteiger partial charge in [0, 0.05) is 44.2 Å². The van der Waals surface area contributed by atoms with Crippen LogP contribution in [0.25, 0.3) is 0 Å². The van der Waals surface area contributed by atoms with Crippen LogP contribution in [0, 0.1) is 0 Å². The van der Waals surface area contributed by atoms with E-state index in [1.807, 2.05) is 43.5 Å². The quantitative estimate of drug-likeness (QED) is 0.888.